The van der Waals surface area contributed by atoms with E-state index in [9.17, 15) is 0 Å². The maximum atomic E-state index is 4.32. The van der Waals surface area contributed by atoms with E-state index < -0.39 is 0 Å². The number of likely N-dealkylation sites (N-methyl/N-ethyl adjacent to an activating group) is 1. The van der Waals surface area contributed by atoms with Crippen LogP contribution in [0.15, 0.2) is 18.3 Å². The summed E-state index contributed by atoms with van der Waals surface area (Å²) in [4.78, 5) is 6.52. The van der Waals surface area contributed by atoms with E-state index >= 15 is 0 Å². The third-order valence-corrected chi connectivity index (χ3v) is 2.26. The van der Waals surface area contributed by atoms with Gasteiger partial charge < -0.3 is 4.90 Å². The van der Waals surface area contributed by atoms with Gasteiger partial charge >= 0.3 is 0 Å². The lowest BCUT2D eigenvalue weighted by molar-refractivity contribution is 0.795. The fraction of sp³-hybridized carbons (Fsp3) is 0.444. The minimum Gasteiger partial charge on any atom is -0.359 e. The van der Waals surface area contributed by atoms with Gasteiger partial charge in [0.05, 0.1) is 0 Å². The molecule has 58 valence electrons. The monoisotopic (exact) mass is 148 g/mol. The summed E-state index contributed by atoms with van der Waals surface area (Å²) in [6.07, 6.45) is 1.85. The minimum absolute atomic E-state index is 0.642. The number of aromatic nitrogens is 1. The van der Waals surface area contributed by atoms with Gasteiger partial charge in [-0.2, -0.15) is 0 Å². The maximum Gasteiger partial charge on any atom is 0.131 e. The molecule has 1 atom stereocenters. The van der Waals surface area contributed by atoms with Crippen molar-refractivity contribution in [3.05, 3.63) is 23.9 Å². The SMILES string of the molecule is CC1CN(C)c2ncccc21. The number of fused-ring (bicyclic) bond motifs is 1. The lowest BCUT2D eigenvalue weighted by Crippen LogP contribution is -2.14. The van der Waals surface area contributed by atoms with Crippen molar-refractivity contribution in [2.75, 3.05) is 18.5 Å². The number of hydrogen-bond donors (Lipinski definition) is 0. The van der Waals surface area contributed by atoms with E-state index in [2.05, 4.69) is 29.9 Å². The molecule has 0 spiro atoms. The summed E-state index contributed by atoms with van der Waals surface area (Å²) in [6.45, 7) is 3.34. The van der Waals surface area contributed by atoms with Crippen molar-refractivity contribution >= 4 is 5.82 Å². The Hall–Kier alpha value is -1.05. The van der Waals surface area contributed by atoms with Crippen LogP contribution in [0, 0.1) is 0 Å². The van der Waals surface area contributed by atoms with Crippen molar-refractivity contribution in [2.45, 2.75) is 12.8 Å². The highest BCUT2D eigenvalue weighted by Gasteiger charge is 2.22. The molecule has 2 nitrogen and oxygen atoms in total. The summed E-state index contributed by atoms with van der Waals surface area (Å²) in [5.41, 5.74) is 1.38. The normalized spacial score (nSPS) is 22.0. The van der Waals surface area contributed by atoms with E-state index in [-0.39, 0.29) is 0 Å². The lowest BCUT2D eigenvalue weighted by Gasteiger charge is -2.09. The van der Waals surface area contributed by atoms with Gasteiger partial charge in [0.2, 0.25) is 0 Å². The molecule has 0 aromatic carbocycles. The lowest BCUT2D eigenvalue weighted by atomic mass is 10.1. The summed E-state index contributed by atoms with van der Waals surface area (Å²) in [5, 5.41) is 0. The van der Waals surface area contributed by atoms with Crippen molar-refractivity contribution < 1.29 is 0 Å². The zero-order chi connectivity index (χ0) is 7.84. The van der Waals surface area contributed by atoms with Crippen LogP contribution < -0.4 is 4.90 Å². The molecule has 0 N–H and O–H groups in total. The summed E-state index contributed by atoms with van der Waals surface area (Å²) >= 11 is 0. The highest BCUT2D eigenvalue weighted by atomic mass is 15.2. The van der Waals surface area contributed by atoms with Crippen molar-refractivity contribution in [1.29, 1.82) is 0 Å². The molecular formula is C9H12N2. The molecule has 2 heteroatoms. The Morgan fingerprint density at radius 1 is 1.64 bits per heavy atom. The highest BCUT2D eigenvalue weighted by Crippen LogP contribution is 2.31. The smallest absolute Gasteiger partial charge is 0.131 e. The number of nitrogens with zero attached hydrogens (tertiary/aromatic N) is 2. The molecule has 11 heavy (non-hydrogen) atoms. The second kappa shape index (κ2) is 2.22. The van der Waals surface area contributed by atoms with Crippen LogP contribution in [0.5, 0.6) is 0 Å². The van der Waals surface area contributed by atoms with E-state index in [1.54, 1.807) is 0 Å². The second-order valence-electron chi connectivity index (χ2n) is 3.20. The molecule has 1 aromatic heterocycles. The molecule has 1 unspecified atom stereocenters. The Bertz CT molecular complexity index is 243. The number of pyridine rings is 1. The van der Waals surface area contributed by atoms with Gasteiger partial charge in [0.1, 0.15) is 5.82 Å². The third kappa shape index (κ3) is 0.897. The van der Waals surface area contributed by atoms with E-state index in [1.807, 2.05) is 12.3 Å². The summed E-state index contributed by atoms with van der Waals surface area (Å²) in [6, 6.07) is 4.17. The number of rotatable bonds is 0. The van der Waals surface area contributed by atoms with Crippen molar-refractivity contribution in [2.24, 2.45) is 0 Å². The Labute approximate surface area is 66.9 Å². The zero-order valence-electron chi connectivity index (χ0n) is 6.91. The molecule has 1 aromatic rings. The average molecular weight is 148 g/mol. The van der Waals surface area contributed by atoms with Crippen LogP contribution in [0.1, 0.15) is 18.4 Å². The molecule has 0 bridgehead atoms. The van der Waals surface area contributed by atoms with Gasteiger partial charge in [-0.3, -0.25) is 0 Å². The van der Waals surface area contributed by atoms with Gasteiger partial charge in [0, 0.05) is 25.7 Å². The number of anilines is 1. The van der Waals surface area contributed by atoms with Crippen LogP contribution in [-0.4, -0.2) is 18.6 Å². The quantitative estimate of drug-likeness (QED) is 0.556. The van der Waals surface area contributed by atoms with Gasteiger partial charge in [-0.25, -0.2) is 4.98 Å². The summed E-state index contributed by atoms with van der Waals surface area (Å²) in [7, 11) is 2.09. The second-order valence-corrected chi connectivity index (χ2v) is 3.20. The van der Waals surface area contributed by atoms with Crippen LogP contribution in [0.25, 0.3) is 0 Å². The third-order valence-electron chi connectivity index (χ3n) is 2.26. The van der Waals surface area contributed by atoms with Crippen molar-refractivity contribution in [3.63, 3.8) is 0 Å². The topological polar surface area (TPSA) is 16.1 Å². The molecule has 0 saturated carbocycles. The van der Waals surface area contributed by atoms with Gasteiger partial charge in [-0.05, 0) is 11.6 Å². The molecule has 1 aliphatic rings. The molecule has 2 heterocycles. The molecule has 0 amide bonds. The Balaban J connectivity index is 2.52. The van der Waals surface area contributed by atoms with E-state index in [4.69, 9.17) is 0 Å². The van der Waals surface area contributed by atoms with Crippen molar-refractivity contribution in [1.82, 2.24) is 4.98 Å². The predicted octanol–water partition coefficient (Wildman–Crippen LogP) is 1.63. The standard InChI is InChI=1S/C9H12N2/c1-7-6-11(2)9-8(7)4-3-5-10-9/h3-5,7H,6H2,1-2H3. The molecular weight excluding hydrogens is 136 g/mol. The maximum absolute atomic E-state index is 4.32. The van der Waals surface area contributed by atoms with E-state index in [1.165, 1.54) is 5.56 Å². The van der Waals surface area contributed by atoms with Crippen LogP contribution in [0.3, 0.4) is 0 Å². The average Bonchev–Trinajstić information content (AvgIpc) is 2.30. The molecule has 2 rings (SSSR count). The van der Waals surface area contributed by atoms with Crippen LogP contribution in [0.4, 0.5) is 5.82 Å². The van der Waals surface area contributed by atoms with E-state index in [0.717, 1.165) is 12.4 Å². The summed E-state index contributed by atoms with van der Waals surface area (Å²) in [5.74, 6) is 1.80. The summed E-state index contributed by atoms with van der Waals surface area (Å²) < 4.78 is 0. The van der Waals surface area contributed by atoms with Crippen LogP contribution in [0.2, 0.25) is 0 Å². The van der Waals surface area contributed by atoms with Gasteiger partial charge in [-0.15, -0.1) is 0 Å². The van der Waals surface area contributed by atoms with Crippen LogP contribution in [-0.2, 0) is 0 Å². The minimum atomic E-state index is 0.642. The highest BCUT2D eigenvalue weighted by molar-refractivity contribution is 5.53. The van der Waals surface area contributed by atoms with Gasteiger partial charge in [0.25, 0.3) is 0 Å². The van der Waals surface area contributed by atoms with Crippen LogP contribution >= 0.6 is 0 Å². The first kappa shape index (κ1) is 6.65. The molecule has 0 radical (unpaired) electrons. The molecule has 0 fully saturated rings. The Kier molecular flexibility index (Phi) is 1.34. The van der Waals surface area contributed by atoms with E-state index in [0.29, 0.717) is 5.92 Å². The molecule has 0 aliphatic carbocycles. The largest absolute Gasteiger partial charge is 0.359 e. The van der Waals surface area contributed by atoms with Gasteiger partial charge in [0.15, 0.2) is 0 Å². The molecule has 0 saturated heterocycles. The first-order chi connectivity index (χ1) is 5.29. The molecule has 1 aliphatic heterocycles. The number of hydrogen-bond acceptors (Lipinski definition) is 2. The first-order valence-electron chi connectivity index (χ1n) is 3.95. The van der Waals surface area contributed by atoms with Crippen molar-refractivity contribution in [3.8, 4) is 0 Å². The van der Waals surface area contributed by atoms with Gasteiger partial charge in [-0.1, -0.05) is 13.0 Å². The fourth-order valence-corrected chi connectivity index (χ4v) is 1.71. The Morgan fingerprint density at radius 3 is 3.18 bits per heavy atom. The Morgan fingerprint density at radius 2 is 2.45 bits per heavy atom. The zero-order valence-corrected chi connectivity index (χ0v) is 6.91. The first-order valence-corrected chi connectivity index (χ1v) is 3.95. The fourth-order valence-electron chi connectivity index (χ4n) is 1.71. The predicted molar refractivity (Wildman–Crippen MR) is 45.9 cm³/mol.